The fourth-order valence-corrected chi connectivity index (χ4v) is 1.82. The third-order valence-electron chi connectivity index (χ3n) is 3.08. The molecule has 0 spiro atoms. The lowest BCUT2D eigenvalue weighted by Gasteiger charge is -2.22. The Kier molecular flexibility index (Phi) is 6.31. The smallest absolute Gasteiger partial charge is 0.236 e. The summed E-state index contributed by atoms with van der Waals surface area (Å²) in [5, 5.41) is 10.2. The van der Waals surface area contributed by atoms with Crippen molar-refractivity contribution in [3.63, 3.8) is 0 Å². The largest absolute Gasteiger partial charge is 0.504 e. The van der Waals surface area contributed by atoms with E-state index in [2.05, 4.69) is 0 Å². The monoisotopic (exact) mass is 280 g/mol. The lowest BCUT2D eigenvalue weighted by Crippen LogP contribution is -2.36. The van der Waals surface area contributed by atoms with Crippen LogP contribution < -0.4 is 4.74 Å². The molecule has 0 aliphatic rings. The predicted molar refractivity (Wildman–Crippen MR) is 78.9 cm³/mol. The summed E-state index contributed by atoms with van der Waals surface area (Å²) in [6.07, 6.45) is 0. The molecule has 0 fully saturated rings. The SMILES string of the molecule is CCOc1cccc(CN(CC)CC(=O)N(C)C)c1O. The minimum Gasteiger partial charge on any atom is -0.504 e. The molecule has 5 heteroatoms. The summed E-state index contributed by atoms with van der Waals surface area (Å²) in [6, 6.07) is 5.44. The highest BCUT2D eigenvalue weighted by atomic mass is 16.5. The number of phenolic OH excluding ortho intramolecular Hbond substituents is 1. The maximum absolute atomic E-state index is 11.8. The van der Waals surface area contributed by atoms with Crippen molar-refractivity contribution in [1.29, 1.82) is 0 Å². The van der Waals surface area contributed by atoms with Gasteiger partial charge in [-0.15, -0.1) is 0 Å². The van der Waals surface area contributed by atoms with Gasteiger partial charge in [0, 0.05) is 26.2 Å². The highest BCUT2D eigenvalue weighted by Crippen LogP contribution is 2.30. The van der Waals surface area contributed by atoms with Crippen molar-refractivity contribution in [3.05, 3.63) is 23.8 Å². The third kappa shape index (κ3) is 4.42. The zero-order valence-corrected chi connectivity index (χ0v) is 12.7. The number of aromatic hydroxyl groups is 1. The predicted octanol–water partition coefficient (Wildman–Crippen LogP) is 1.70. The Morgan fingerprint density at radius 3 is 2.55 bits per heavy atom. The van der Waals surface area contributed by atoms with E-state index in [9.17, 15) is 9.90 Å². The number of rotatable bonds is 7. The Balaban J connectivity index is 2.79. The van der Waals surface area contributed by atoms with Crippen LogP contribution in [0.2, 0.25) is 0 Å². The maximum atomic E-state index is 11.8. The lowest BCUT2D eigenvalue weighted by molar-refractivity contribution is -0.130. The summed E-state index contributed by atoms with van der Waals surface area (Å²) in [4.78, 5) is 15.3. The van der Waals surface area contributed by atoms with Gasteiger partial charge >= 0.3 is 0 Å². The van der Waals surface area contributed by atoms with E-state index in [0.717, 1.165) is 12.1 Å². The van der Waals surface area contributed by atoms with Gasteiger partial charge in [0.1, 0.15) is 0 Å². The molecule has 1 N–H and O–H groups in total. The number of amides is 1. The molecule has 1 amide bonds. The molecule has 0 heterocycles. The zero-order valence-electron chi connectivity index (χ0n) is 12.7. The van der Waals surface area contributed by atoms with Gasteiger partial charge in [0.25, 0.3) is 0 Å². The molecular weight excluding hydrogens is 256 g/mol. The van der Waals surface area contributed by atoms with E-state index >= 15 is 0 Å². The Hall–Kier alpha value is -1.75. The number of hydrogen-bond donors (Lipinski definition) is 1. The van der Waals surface area contributed by atoms with Crippen molar-refractivity contribution in [2.24, 2.45) is 0 Å². The van der Waals surface area contributed by atoms with Crippen LogP contribution in [0.25, 0.3) is 0 Å². The molecule has 0 saturated carbocycles. The quantitative estimate of drug-likeness (QED) is 0.826. The molecule has 0 radical (unpaired) electrons. The standard InChI is InChI=1S/C15H24N2O3/c1-5-17(11-14(18)16(3)4)10-12-8-7-9-13(15(12)19)20-6-2/h7-9,19H,5-6,10-11H2,1-4H3. The number of phenols is 1. The average Bonchev–Trinajstić information content (AvgIpc) is 2.42. The van der Waals surface area contributed by atoms with Crippen LogP contribution in [0.15, 0.2) is 18.2 Å². The first-order valence-electron chi connectivity index (χ1n) is 6.85. The van der Waals surface area contributed by atoms with Crippen LogP contribution in [0.3, 0.4) is 0 Å². The van der Waals surface area contributed by atoms with Gasteiger partial charge in [0.15, 0.2) is 11.5 Å². The summed E-state index contributed by atoms with van der Waals surface area (Å²) in [5.41, 5.74) is 0.768. The Bertz CT molecular complexity index is 447. The van der Waals surface area contributed by atoms with E-state index < -0.39 is 0 Å². The van der Waals surface area contributed by atoms with E-state index in [-0.39, 0.29) is 11.7 Å². The van der Waals surface area contributed by atoms with Crippen molar-refractivity contribution in [1.82, 2.24) is 9.80 Å². The van der Waals surface area contributed by atoms with Crippen LogP contribution in [-0.4, -0.2) is 54.6 Å². The van der Waals surface area contributed by atoms with Gasteiger partial charge in [0.2, 0.25) is 5.91 Å². The molecule has 5 nitrogen and oxygen atoms in total. The molecule has 0 bridgehead atoms. The molecule has 112 valence electrons. The van der Waals surface area contributed by atoms with Crippen molar-refractivity contribution in [3.8, 4) is 11.5 Å². The van der Waals surface area contributed by atoms with Crippen LogP contribution in [0.1, 0.15) is 19.4 Å². The number of hydrogen-bond acceptors (Lipinski definition) is 4. The number of likely N-dealkylation sites (N-methyl/N-ethyl adjacent to an activating group) is 2. The van der Waals surface area contributed by atoms with Gasteiger partial charge < -0.3 is 14.7 Å². The van der Waals surface area contributed by atoms with Gasteiger partial charge in [-0.2, -0.15) is 0 Å². The molecule has 0 atom stereocenters. The first-order chi connectivity index (χ1) is 9.49. The summed E-state index contributed by atoms with van der Waals surface area (Å²) < 4.78 is 5.37. The third-order valence-corrected chi connectivity index (χ3v) is 3.08. The molecule has 0 saturated heterocycles. The second-order valence-electron chi connectivity index (χ2n) is 4.79. The van der Waals surface area contributed by atoms with E-state index in [1.807, 2.05) is 30.9 Å². The van der Waals surface area contributed by atoms with Crippen LogP contribution >= 0.6 is 0 Å². The molecule has 0 unspecified atom stereocenters. The highest BCUT2D eigenvalue weighted by molar-refractivity contribution is 5.77. The molecular formula is C15H24N2O3. The van der Waals surface area contributed by atoms with Gasteiger partial charge in [0.05, 0.1) is 13.2 Å². The van der Waals surface area contributed by atoms with E-state index in [1.165, 1.54) is 0 Å². The van der Waals surface area contributed by atoms with E-state index in [0.29, 0.717) is 25.4 Å². The molecule has 1 aromatic carbocycles. The molecule has 20 heavy (non-hydrogen) atoms. The first-order valence-corrected chi connectivity index (χ1v) is 6.85. The second-order valence-corrected chi connectivity index (χ2v) is 4.79. The van der Waals surface area contributed by atoms with Gasteiger partial charge in [-0.1, -0.05) is 19.1 Å². The number of benzene rings is 1. The first kappa shape index (κ1) is 16.3. The normalized spacial score (nSPS) is 10.7. The Morgan fingerprint density at radius 2 is 2.00 bits per heavy atom. The van der Waals surface area contributed by atoms with Gasteiger partial charge in [-0.25, -0.2) is 0 Å². The van der Waals surface area contributed by atoms with E-state index in [1.54, 1.807) is 25.1 Å². The second kappa shape index (κ2) is 7.75. The average molecular weight is 280 g/mol. The van der Waals surface area contributed by atoms with Crippen LogP contribution in [0.5, 0.6) is 11.5 Å². The number of carbonyl (C=O) groups is 1. The van der Waals surface area contributed by atoms with Crippen molar-refractivity contribution in [2.45, 2.75) is 20.4 Å². The Morgan fingerprint density at radius 1 is 1.30 bits per heavy atom. The zero-order chi connectivity index (χ0) is 15.1. The van der Waals surface area contributed by atoms with Crippen molar-refractivity contribution >= 4 is 5.91 Å². The van der Waals surface area contributed by atoms with Gasteiger partial charge in [-0.05, 0) is 19.5 Å². The lowest BCUT2D eigenvalue weighted by atomic mass is 10.1. The highest BCUT2D eigenvalue weighted by Gasteiger charge is 2.14. The fraction of sp³-hybridized carbons (Fsp3) is 0.533. The number of para-hydroxylation sites is 1. The number of carbonyl (C=O) groups excluding carboxylic acids is 1. The van der Waals surface area contributed by atoms with Crippen LogP contribution in [-0.2, 0) is 11.3 Å². The molecule has 0 aliphatic carbocycles. The molecule has 0 aliphatic heterocycles. The van der Waals surface area contributed by atoms with Crippen molar-refractivity contribution < 1.29 is 14.6 Å². The fourth-order valence-electron chi connectivity index (χ4n) is 1.82. The summed E-state index contributed by atoms with van der Waals surface area (Å²) in [5.74, 6) is 0.692. The molecule has 0 aromatic heterocycles. The summed E-state index contributed by atoms with van der Waals surface area (Å²) in [7, 11) is 3.48. The Labute approximate surface area is 120 Å². The van der Waals surface area contributed by atoms with Crippen LogP contribution in [0, 0.1) is 0 Å². The summed E-state index contributed by atoms with van der Waals surface area (Å²) in [6.45, 7) is 5.96. The van der Waals surface area contributed by atoms with Crippen molar-refractivity contribution in [2.75, 3.05) is 33.8 Å². The maximum Gasteiger partial charge on any atom is 0.236 e. The van der Waals surface area contributed by atoms with Gasteiger partial charge in [-0.3, -0.25) is 9.69 Å². The van der Waals surface area contributed by atoms with Crippen LogP contribution in [0.4, 0.5) is 0 Å². The minimum absolute atomic E-state index is 0.0484. The number of nitrogens with zero attached hydrogens (tertiary/aromatic N) is 2. The topological polar surface area (TPSA) is 53.0 Å². The summed E-state index contributed by atoms with van der Waals surface area (Å²) >= 11 is 0. The number of ether oxygens (including phenoxy) is 1. The molecule has 1 aromatic rings. The minimum atomic E-state index is 0.0484. The van der Waals surface area contributed by atoms with E-state index in [4.69, 9.17) is 4.74 Å². The molecule has 1 rings (SSSR count).